The molecule has 0 amide bonds. The van der Waals surface area contributed by atoms with Gasteiger partial charge in [0.05, 0.1) is 16.9 Å². The van der Waals surface area contributed by atoms with Crippen molar-refractivity contribution in [2.45, 2.75) is 32.7 Å². The van der Waals surface area contributed by atoms with E-state index in [1.807, 2.05) is 13.0 Å². The Labute approximate surface area is 140 Å². The Morgan fingerprint density at radius 3 is 2.33 bits per heavy atom. The van der Waals surface area contributed by atoms with Crippen molar-refractivity contribution in [2.75, 3.05) is 5.32 Å². The summed E-state index contributed by atoms with van der Waals surface area (Å²) < 4.78 is 0. The number of anilines is 1. The molecule has 24 heavy (non-hydrogen) atoms. The van der Waals surface area contributed by atoms with E-state index in [0.29, 0.717) is 27.9 Å². The molecule has 1 N–H and O–H groups in total. The summed E-state index contributed by atoms with van der Waals surface area (Å²) in [4.78, 5) is 30.6. The molecule has 0 radical (unpaired) electrons. The van der Waals surface area contributed by atoms with E-state index < -0.39 is 0 Å². The highest BCUT2D eigenvalue weighted by Gasteiger charge is 2.35. The molecular weight excluding hydrogens is 300 g/mol. The van der Waals surface area contributed by atoms with Crippen molar-refractivity contribution in [1.29, 1.82) is 0 Å². The fourth-order valence-corrected chi connectivity index (χ4v) is 3.66. The number of carbonyl (C=O) groups excluding carboxylic acids is 2. The van der Waals surface area contributed by atoms with Crippen molar-refractivity contribution in [2.24, 2.45) is 4.99 Å². The molecule has 0 fully saturated rings. The zero-order valence-corrected chi connectivity index (χ0v) is 13.9. The van der Waals surface area contributed by atoms with E-state index in [2.05, 4.69) is 24.2 Å². The van der Waals surface area contributed by atoms with Crippen molar-refractivity contribution in [3.05, 3.63) is 58.7 Å². The smallest absolute Gasteiger partial charge is 0.196 e. The Kier molecular flexibility index (Phi) is 3.01. The van der Waals surface area contributed by atoms with E-state index in [-0.39, 0.29) is 17.1 Å². The number of hydrogen-bond acceptors (Lipinski definition) is 4. The predicted molar refractivity (Wildman–Crippen MR) is 94.8 cm³/mol. The van der Waals surface area contributed by atoms with Crippen LogP contribution in [0, 0.1) is 0 Å². The van der Waals surface area contributed by atoms with Crippen LogP contribution in [-0.2, 0) is 0 Å². The average molecular weight is 318 g/mol. The minimum Gasteiger partial charge on any atom is -0.377 e. The van der Waals surface area contributed by atoms with Crippen LogP contribution in [0.5, 0.6) is 0 Å². The van der Waals surface area contributed by atoms with Gasteiger partial charge in [-0.2, -0.15) is 0 Å². The summed E-state index contributed by atoms with van der Waals surface area (Å²) in [5, 5.41) is 3.45. The molecule has 1 heterocycles. The summed E-state index contributed by atoms with van der Waals surface area (Å²) in [5.41, 5.74) is 3.99. The number of fused-ring (bicyclic) bond motifs is 4. The number of nitrogens with one attached hydrogen (secondary N) is 1. The Morgan fingerprint density at radius 2 is 1.62 bits per heavy atom. The number of hydrogen-bond donors (Lipinski definition) is 1. The molecule has 0 spiro atoms. The third kappa shape index (κ3) is 2.10. The molecule has 4 nitrogen and oxygen atoms in total. The molecule has 4 heteroatoms. The van der Waals surface area contributed by atoms with Crippen LogP contribution in [0.2, 0.25) is 0 Å². The van der Waals surface area contributed by atoms with E-state index in [9.17, 15) is 9.59 Å². The van der Waals surface area contributed by atoms with Crippen molar-refractivity contribution in [3.8, 4) is 0 Å². The molecule has 2 aliphatic rings. The molecule has 1 aliphatic heterocycles. The molecule has 2 aromatic carbocycles. The predicted octanol–water partition coefficient (Wildman–Crippen LogP) is 4.15. The van der Waals surface area contributed by atoms with Gasteiger partial charge in [-0.25, -0.2) is 0 Å². The molecule has 0 atom stereocenters. The summed E-state index contributed by atoms with van der Waals surface area (Å²) in [7, 11) is 0. The summed E-state index contributed by atoms with van der Waals surface area (Å²) in [6, 6.07) is 10.5. The first-order valence-corrected chi connectivity index (χ1v) is 8.05. The Bertz CT molecular complexity index is 939. The van der Waals surface area contributed by atoms with Gasteiger partial charge in [0.15, 0.2) is 11.6 Å². The SMILES string of the molecule is CC1=Nc2ccc3c(c2NC(C)(C)C1)C(=O)c1ccccc1C3=O. The normalized spacial score (nSPS) is 17.9. The van der Waals surface area contributed by atoms with Crippen LogP contribution in [0.25, 0.3) is 0 Å². The van der Waals surface area contributed by atoms with Gasteiger partial charge in [0, 0.05) is 34.4 Å². The maximum absolute atomic E-state index is 13.1. The van der Waals surface area contributed by atoms with Crippen LogP contribution in [0.4, 0.5) is 11.4 Å². The van der Waals surface area contributed by atoms with E-state index in [0.717, 1.165) is 17.8 Å². The minimum atomic E-state index is -0.242. The first kappa shape index (κ1) is 14.8. The van der Waals surface area contributed by atoms with Gasteiger partial charge in [-0.05, 0) is 32.9 Å². The van der Waals surface area contributed by atoms with Crippen LogP contribution in [0.15, 0.2) is 41.4 Å². The summed E-state index contributed by atoms with van der Waals surface area (Å²) in [6.45, 7) is 6.13. The lowest BCUT2D eigenvalue weighted by Gasteiger charge is -2.28. The zero-order chi connectivity index (χ0) is 17.1. The third-order valence-electron chi connectivity index (χ3n) is 4.54. The lowest BCUT2D eigenvalue weighted by Crippen LogP contribution is -2.33. The van der Waals surface area contributed by atoms with E-state index >= 15 is 0 Å². The van der Waals surface area contributed by atoms with Crippen LogP contribution in [-0.4, -0.2) is 22.8 Å². The molecule has 4 rings (SSSR count). The average Bonchev–Trinajstić information content (AvgIpc) is 2.65. The molecule has 1 aliphatic carbocycles. The van der Waals surface area contributed by atoms with Gasteiger partial charge in [0.2, 0.25) is 0 Å². The topological polar surface area (TPSA) is 58.5 Å². The van der Waals surface area contributed by atoms with Gasteiger partial charge in [0.1, 0.15) is 0 Å². The number of aliphatic imine (C=N–C) groups is 1. The highest BCUT2D eigenvalue weighted by atomic mass is 16.1. The van der Waals surface area contributed by atoms with Gasteiger partial charge in [-0.1, -0.05) is 24.3 Å². The molecule has 2 aromatic rings. The molecular formula is C20H18N2O2. The van der Waals surface area contributed by atoms with Gasteiger partial charge in [-0.3, -0.25) is 14.6 Å². The van der Waals surface area contributed by atoms with E-state index in [1.165, 1.54) is 0 Å². The van der Waals surface area contributed by atoms with Gasteiger partial charge in [-0.15, -0.1) is 0 Å². The number of ketones is 2. The van der Waals surface area contributed by atoms with Crippen LogP contribution >= 0.6 is 0 Å². The van der Waals surface area contributed by atoms with Crippen LogP contribution in [0.1, 0.15) is 59.0 Å². The second kappa shape index (κ2) is 4.87. The zero-order valence-electron chi connectivity index (χ0n) is 13.9. The van der Waals surface area contributed by atoms with Gasteiger partial charge >= 0.3 is 0 Å². The van der Waals surface area contributed by atoms with Crippen molar-refractivity contribution in [1.82, 2.24) is 0 Å². The number of nitrogens with zero attached hydrogens (tertiary/aromatic N) is 1. The lowest BCUT2D eigenvalue weighted by atomic mass is 9.82. The molecule has 0 saturated heterocycles. The molecule has 120 valence electrons. The van der Waals surface area contributed by atoms with Crippen molar-refractivity contribution in [3.63, 3.8) is 0 Å². The molecule has 0 unspecified atom stereocenters. The second-order valence-corrected chi connectivity index (χ2v) is 7.12. The van der Waals surface area contributed by atoms with Gasteiger partial charge < -0.3 is 5.32 Å². The van der Waals surface area contributed by atoms with E-state index in [1.54, 1.807) is 30.3 Å². The monoisotopic (exact) mass is 318 g/mol. The van der Waals surface area contributed by atoms with Crippen LogP contribution < -0.4 is 5.32 Å². The maximum atomic E-state index is 13.1. The van der Waals surface area contributed by atoms with Crippen molar-refractivity contribution < 1.29 is 9.59 Å². The molecule has 0 bridgehead atoms. The quantitative estimate of drug-likeness (QED) is 0.677. The highest BCUT2D eigenvalue weighted by Crippen LogP contribution is 2.41. The lowest BCUT2D eigenvalue weighted by molar-refractivity contribution is 0.0979. The van der Waals surface area contributed by atoms with Crippen LogP contribution in [0.3, 0.4) is 0 Å². The van der Waals surface area contributed by atoms with Crippen molar-refractivity contribution >= 4 is 28.7 Å². The fraction of sp³-hybridized carbons (Fsp3) is 0.250. The Balaban J connectivity index is 2.01. The minimum absolute atomic E-state index is 0.104. The number of carbonyl (C=O) groups is 2. The maximum Gasteiger partial charge on any atom is 0.196 e. The van der Waals surface area contributed by atoms with Gasteiger partial charge in [0.25, 0.3) is 0 Å². The van der Waals surface area contributed by atoms with E-state index in [4.69, 9.17) is 0 Å². The Morgan fingerprint density at radius 1 is 0.958 bits per heavy atom. The third-order valence-corrected chi connectivity index (χ3v) is 4.54. The number of benzene rings is 2. The fourth-order valence-electron chi connectivity index (χ4n) is 3.66. The molecule has 0 aromatic heterocycles. The summed E-state index contributed by atoms with van der Waals surface area (Å²) in [6.07, 6.45) is 0.773. The first-order valence-electron chi connectivity index (χ1n) is 8.05. The first-order chi connectivity index (χ1) is 11.4. The standard InChI is InChI=1S/C20H18N2O2/c1-11-10-20(2,3)22-17-15(21-11)9-8-14-16(17)19(24)13-7-5-4-6-12(13)18(14)23/h4-9,22H,10H2,1-3H3. The Hall–Kier alpha value is -2.75. The molecule has 0 saturated carbocycles. The largest absolute Gasteiger partial charge is 0.377 e. The summed E-state index contributed by atoms with van der Waals surface area (Å²) in [5.74, 6) is -0.220. The number of rotatable bonds is 0. The summed E-state index contributed by atoms with van der Waals surface area (Å²) >= 11 is 0. The second-order valence-electron chi connectivity index (χ2n) is 7.12. The highest BCUT2D eigenvalue weighted by molar-refractivity contribution is 6.30.